The second-order valence-electron chi connectivity index (χ2n) is 6.72. The normalized spacial score (nSPS) is 11.8. The van der Waals surface area contributed by atoms with Gasteiger partial charge in [-0.2, -0.15) is 0 Å². The van der Waals surface area contributed by atoms with Crippen LogP contribution in [0.5, 0.6) is 0 Å². The maximum atomic E-state index is 13.5. The van der Waals surface area contributed by atoms with Gasteiger partial charge >= 0.3 is 0 Å². The molecule has 3 aromatic carbocycles. The highest BCUT2D eigenvalue weighted by atomic mass is 35.5. The van der Waals surface area contributed by atoms with E-state index in [-0.39, 0.29) is 11.1 Å². The van der Waals surface area contributed by atoms with Crippen molar-refractivity contribution in [3.8, 4) is 17.1 Å². The Hall–Kier alpha value is -3.77. The maximum absolute atomic E-state index is 13.5. The average molecular weight is 399 g/mol. The molecule has 7 heteroatoms. The standard InChI is InChI=1S/C22H11ClN4O2/c23-12-9-10-18-16(11-12)24-19-13-5-1-2-6-14(13)21(28)20(22(19)29-18)27-17-8-4-3-7-15(17)25-26-27/h1-11H. The van der Waals surface area contributed by atoms with Crippen LogP contribution in [-0.2, 0) is 0 Å². The quantitative estimate of drug-likeness (QED) is 0.293. The Kier molecular flexibility index (Phi) is 3.28. The van der Waals surface area contributed by atoms with Crippen molar-refractivity contribution in [1.29, 1.82) is 0 Å². The summed E-state index contributed by atoms with van der Waals surface area (Å²) in [6.07, 6.45) is 0. The third-order valence-corrected chi connectivity index (χ3v) is 5.24. The Balaban J connectivity index is 1.86. The number of halogens is 1. The summed E-state index contributed by atoms with van der Waals surface area (Å²) in [7, 11) is 0. The Morgan fingerprint density at radius 1 is 0.897 bits per heavy atom. The molecule has 2 aliphatic rings. The first-order chi connectivity index (χ1) is 14.2. The summed E-state index contributed by atoms with van der Waals surface area (Å²) in [5.74, 6) is 0.360. The molecule has 0 bridgehead atoms. The minimum Gasteiger partial charge on any atom is -0.450 e. The summed E-state index contributed by atoms with van der Waals surface area (Å²) < 4.78 is 7.71. The number of aromatic nitrogens is 4. The summed E-state index contributed by atoms with van der Waals surface area (Å²) in [5.41, 5.74) is 3.22. The lowest BCUT2D eigenvalue weighted by molar-refractivity contribution is 0.605. The van der Waals surface area contributed by atoms with Gasteiger partial charge in [0.25, 0.3) is 0 Å². The molecule has 29 heavy (non-hydrogen) atoms. The molecule has 4 aromatic rings. The highest BCUT2D eigenvalue weighted by molar-refractivity contribution is 6.31. The molecule has 0 radical (unpaired) electrons. The fourth-order valence-electron chi connectivity index (χ4n) is 3.68. The van der Waals surface area contributed by atoms with Crippen LogP contribution in [0.4, 0.5) is 0 Å². The smallest absolute Gasteiger partial charge is 0.216 e. The van der Waals surface area contributed by atoms with E-state index >= 15 is 0 Å². The molecule has 6 rings (SSSR count). The predicted molar refractivity (Wildman–Crippen MR) is 112 cm³/mol. The topological polar surface area (TPSA) is 73.8 Å². The zero-order chi connectivity index (χ0) is 19.5. The van der Waals surface area contributed by atoms with Gasteiger partial charge < -0.3 is 4.42 Å². The van der Waals surface area contributed by atoms with Crippen LogP contribution in [0.2, 0.25) is 5.02 Å². The van der Waals surface area contributed by atoms with Gasteiger partial charge in [-0.1, -0.05) is 53.2 Å². The van der Waals surface area contributed by atoms with Gasteiger partial charge in [0, 0.05) is 15.8 Å². The van der Waals surface area contributed by atoms with Crippen LogP contribution in [0.1, 0.15) is 0 Å². The molecule has 1 aromatic heterocycles. The van der Waals surface area contributed by atoms with E-state index < -0.39 is 0 Å². The van der Waals surface area contributed by atoms with Crippen LogP contribution >= 0.6 is 11.6 Å². The third kappa shape index (κ3) is 2.30. The Morgan fingerprint density at radius 2 is 1.69 bits per heavy atom. The van der Waals surface area contributed by atoms with Crippen molar-refractivity contribution in [3.63, 3.8) is 0 Å². The first-order valence-electron chi connectivity index (χ1n) is 8.96. The summed E-state index contributed by atoms with van der Waals surface area (Å²) in [6.45, 7) is 0. The molecule has 0 unspecified atom stereocenters. The van der Waals surface area contributed by atoms with Gasteiger partial charge in [-0.3, -0.25) is 4.79 Å². The van der Waals surface area contributed by atoms with Gasteiger partial charge in [-0.05, 0) is 30.3 Å². The van der Waals surface area contributed by atoms with Crippen LogP contribution in [0.25, 0.3) is 50.0 Å². The molecule has 0 fully saturated rings. The second-order valence-corrected chi connectivity index (χ2v) is 7.15. The van der Waals surface area contributed by atoms with Gasteiger partial charge in [0.05, 0.1) is 5.52 Å². The Bertz CT molecular complexity index is 1600. The fourth-order valence-corrected chi connectivity index (χ4v) is 3.85. The molecule has 0 amide bonds. The molecule has 1 aliphatic carbocycles. The lowest BCUT2D eigenvalue weighted by Gasteiger charge is -2.14. The van der Waals surface area contributed by atoms with Crippen LogP contribution in [-0.4, -0.2) is 20.0 Å². The van der Waals surface area contributed by atoms with E-state index in [0.29, 0.717) is 49.4 Å². The van der Waals surface area contributed by atoms with E-state index in [2.05, 4.69) is 10.3 Å². The molecular weight excluding hydrogens is 388 g/mol. The molecule has 138 valence electrons. The van der Waals surface area contributed by atoms with E-state index in [1.54, 1.807) is 24.3 Å². The number of nitrogens with zero attached hydrogens (tertiary/aromatic N) is 4. The van der Waals surface area contributed by atoms with Crippen molar-refractivity contribution in [2.45, 2.75) is 0 Å². The van der Waals surface area contributed by atoms with Gasteiger partial charge in [0.2, 0.25) is 5.43 Å². The predicted octanol–water partition coefficient (Wildman–Crippen LogP) is 4.83. The monoisotopic (exact) mass is 398 g/mol. The summed E-state index contributed by atoms with van der Waals surface area (Å²) in [6, 6.07) is 20.0. The zero-order valence-electron chi connectivity index (χ0n) is 14.8. The minimum atomic E-state index is -0.192. The molecule has 6 nitrogen and oxygen atoms in total. The molecule has 0 N–H and O–H groups in total. The highest BCUT2D eigenvalue weighted by Gasteiger charge is 2.25. The van der Waals surface area contributed by atoms with Gasteiger partial charge in [0.1, 0.15) is 16.7 Å². The van der Waals surface area contributed by atoms with Crippen LogP contribution in [0.15, 0.2) is 75.9 Å². The highest BCUT2D eigenvalue weighted by Crippen LogP contribution is 2.35. The lowest BCUT2D eigenvalue weighted by Crippen LogP contribution is -2.16. The molecule has 0 atom stereocenters. The molecule has 2 heterocycles. The van der Waals surface area contributed by atoms with Crippen molar-refractivity contribution in [1.82, 2.24) is 20.0 Å². The first kappa shape index (κ1) is 16.2. The van der Waals surface area contributed by atoms with E-state index in [1.165, 1.54) is 4.68 Å². The largest absolute Gasteiger partial charge is 0.450 e. The Labute approximate surface area is 168 Å². The lowest BCUT2D eigenvalue weighted by atomic mass is 10.0. The zero-order valence-corrected chi connectivity index (χ0v) is 15.6. The van der Waals surface area contributed by atoms with Crippen molar-refractivity contribution in [3.05, 3.63) is 82.0 Å². The number of hydrogen-bond donors (Lipinski definition) is 0. The summed E-state index contributed by atoms with van der Waals surface area (Å²) in [5, 5.41) is 10.2. The van der Waals surface area contributed by atoms with E-state index in [1.807, 2.05) is 42.5 Å². The van der Waals surface area contributed by atoms with Gasteiger partial charge in [-0.15, -0.1) is 5.10 Å². The van der Waals surface area contributed by atoms with Crippen molar-refractivity contribution in [2.75, 3.05) is 0 Å². The number of fused-ring (bicyclic) bond motifs is 5. The van der Waals surface area contributed by atoms with E-state index in [0.717, 1.165) is 0 Å². The second kappa shape index (κ2) is 5.86. The minimum absolute atomic E-state index is 0.192. The van der Waals surface area contributed by atoms with Crippen molar-refractivity contribution >= 4 is 44.5 Å². The van der Waals surface area contributed by atoms with E-state index in [4.69, 9.17) is 21.0 Å². The molecule has 1 aliphatic heterocycles. The fraction of sp³-hybridized carbons (Fsp3) is 0. The molecular formula is C22H11ClN4O2. The Morgan fingerprint density at radius 3 is 2.59 bits per heavy atom. The number of hydrogen-bond acceptors (Lipinski definition) is 5. The third-order valence-electron chi connectivity index (χ3n) is 5.00. The first-order valence-corrected chi connectivity index (χ1v) is 9.34. The number of para-hydroxylation sites is 1. The van der Waals surface area contributed by atoms with Crippen LogP contribution in [0.3, 0.4) is 0 Å². The van der Waals surface area contributed by atoms with Crippen molar-refractivity contribution < 1.29 is 4.42 Å². The number of rotatable bonds is 1. The van der Waals surface area contributed by atoms with Crippen molar-refractivity contribution in [2.24, 2.45) is 0 Å². The summed E-state index contributed by atoms with van der Waals surface area (Å²) >= 11 is 6.14. The van der Waals surface area contributed by atoms with E-state index in [9.17, 15) is 4.79 Å². The van der Waals surface area contributed by atoms with Gasteiger partial charge in [0.15, 0.2) is 17.0 Å². The molecule has 0 saturated heterocycles. The molecule has 0 saturated carbocycles. The van der Waals surface area contributed by atoms with Crippen LogP contribution < -0.4 is 5.43 Å². The SMILES string of the molecule is O=c1c(-n2nnc3ccccc32)c2oc3ccc(Cl)cc3nc-2c2ccccc12. The maximum Gasteiger partial charge on any atom is 0.216 e. The van der Waals surface area contributed by atoms with Gasteiger partial charge in [-0.25, -0.2) is 9.67 Å². The summed E-state index contributed by atoms with van der Waals surface area (Å²) in [4.78, 5) is 18.3. The average Bonchev–Trinajstić information content (AvgIpc) is 3.17. The molecule has 0 spiro atoms. The number of benzene rings is 4. The van der Waals surface area contributed by atoms with Crippen LogP contribution in [0, 0.1) is 0 Å².